The molecule has 0 saturated heterocycles. The molecule has 0 amide bonds. The summed E-state index contributed by atoms with van der Waals surface area (Å²) < 4.78 is 38.2. The van der Waals surface area contributed by atoms with Gasteiger partial charge in [0.1, 0.15) is 15.9 Å². The zero-order valence-corrected chi connectivity index (χ0v) is 15.6. The molecule has 0 saturated carbocycles. The van der Waals surface area contributed by atoms with Gasteiger partial charge in [-0.25, -0.2) is 8.42 Å². The Morgan fingerprint density at radius 3 is 2.39 bits per heavy atom. The average molecular weight is 343 g/mol. The molecule has 2 aromatic carbocycles. The Bertz CT molecular complexity index is 809. The Kier molecular flexibility index (Phi) is 7.17. The monoisotopic (exact) mass is 343 g/mol. The number of anilines is 1. The maximum absolute atomic E-state index is 11.0. The van der Waals surface area contributed by atoms with Crippen LogP contribution in [0, 0.1) is 0 Å². The minimum absolute atomic E-state index is 0. The van der Waals surface area contributed by atoms with E-state index in [1.165, 1.54) is 12.1 Å². The molecule has 0 atom stereocenters. The van der Waals surface area contributed by atoms with Gasteiger partial charge in [-0.2, -0.15) is 10.2 Å². The maximum atomic E-state index is 11.0. The number of hydrogen-bond donors (Lipinski definition) is 1. The second kappa shape index (κ2) is 8.42. The van der Waals surface area contributed by atoms with Gasteiger partial charge in [-0.1, -0.05) is 6.07 Å². The van der Waals surface area contributed by atoms with Gasteiger partial charge in [0.05, 0.1) is 28.6 Å². The smallest absolute Gasteiger partial charge is 0.744 e. The molecular weight excluding hydrogens is 329 g/mol. The first-order valence-electron chi connectivity index (χ1n) is 6.40. The first-order valence-corrected chi connectivity index (χ1v) is 7.81. The number of hydrogen-bond acceptors (Lipinski definition) is 7. The van der Waals surface area contributed by atoms with Crippen molar-refractivity contribution in [2.24, 2.45) is 10.2 Å². The van der Waals surface area contributed by atoms with E-state index in [4.69, 9.17) is 10.5 Å². The third-order valence-electron chi connectivity index (χ3n) is 2.68. The van der Waals surface area contributed by atoms with E-state index in [1.54, 1.807) is 24.3 Å². The molecule has 0 radical (unpaired) electrons. The van der Waals surface area contributed by atoms with Crippen molar-refractivity contribution in [3.8, 4) is 5.75 Å². The van der Waals surface area contributed by atoms with Crippen molar-refractivity contribution in [2.75, 3.05) is 12.3 Å². The Hall–Kier alpha value is -1.45. The molecule has 0 aliphatic heterocycles. The molecular formula is C14H14N3NaO4S. The van der Waals surface area contributed by atoms with E-state index in [0.29, 0.717) is 23.7 Å². The van der Waals surface area contributed by atoms with Crippen molar-refractivity contribution in [1.82, 2.24) is 0 Å². The van der Waals surface area contributed by atoms with Gasteiger partial charge in [0.2, 0.25) is 0 Å². The van der Waals surface area contributed by atoms with Crippen molar-refractivity contribution in [1.29, 1.82) is 0 Å². The number of azo groups is 1. The summed E-state index contributed by atoms with van der Waals surface area (Å²) in [5.41, 5.74) is 6.99. The standard InChI is InChI=1S/C14H15N3O4S.Na/c1-2-21-14-9-11(6-7-13(14)15)17-16-10-4-3-5-12(8-10)22(18,19)20;/h3-9H,2,15H2,1H3,(H,18,19,20);/q;+1/p-1. The Morgan fingerprint density at radius 2 is 1.78 bits per heavy atom. The largest absolute Gasteiger partial charge is 1.00 e. The van der Waals surface area contributed by atoms with E-state index >= 15 is 0 Å². The topological polar surface area (TPSA) is 117 Å². The quantitative estimate of drug-likeness (QED) is 0.355. The van der Waals surface area contributed by atoms with Crippen LogP contribution in [0.1, 0.15) is 6.92 Å². The molecule has 0 heterocycles. The summed E-state index contributed by atoms with van der Waals surface area (Å²) in [6.45, 7) is 2.30. The van der Waals surface area contributed by atoms with Crippen molar-refractivity contribution in [3.05, 3.63) is 42.5 Å². The van der Waals surface area contributed by atoms with Crippen molar-refractivity contribution in [3.63, 3.8) is 0 Å². The van der Waals surface area contributed by atoms with Crippen LogP contribution in [0.5, 0.6) is 5.75 Å². The average Bonchev–Trinajstić information content (AvgIpc) is 2.48. The van der Waals surface area contributed by atoms with Gasteiger partial charge in [-0.15, -0.1) is 0 Å². The molecule has 0 aliphatic carbocycles. The minimum atomic E-state index is -4.52. The maximum Gasteiger partial charge on any atom is 1.00 e. The van der Waals surface area contributed by atoms with E-state index in [1.807, 2.05) is 6.92 Å². The molecule has 2 aromatic rings. The van der Waals surface area contributed by atoms with Crippen LogP contribution in [0.2, 0.25) is 0 Å². The number of nitrogens with two attached hydrogens (primary N) is 1. The van der Waals surface area contributed by atoms with Crippen LogP contribution in [0.3, 0.4) is 0 Å². The molecule has 0 bridgehead atoms. The second-order valence-corrected chi connectivity index (χ2v) is 5.69. The zero-order chi connectivity index (χ0) is 16.2. The van der Waals surface area contributed by atoms with Crippen LogP contribution in [0.4, 0.5) is 17.1 Å². The Balaban J connectivity index is 0.00000264. The zero-order valence-electron chi connectivity index (χ0n) is 12.8. The molecule has 2 rings (SSSR count). The number of ether oxygens (including phenoxy) is 1. The fraction of sp³-hybridized carbons (Fsp3) is 0.143. The predicted octanol–water partition coefficient (Wildman–Crippen LogP) is -0.00900. The number of benzene rings is 2. The van der Waals surface area contributed by atoms with Crippen LogP contribution in [0.15, 0.2) is 57.6 Å². The van der Waals surface area contributed by atoms with Crippen LogP contribution in [-0.4, -0.2) is 19.6 Å². The van der Waals surface area contributed by atoms with Crippen LogP contribution in [-0.2, 0) is 10.1 Å². The van der Waals surface area contributed by atoms with Crippen molar-refractivity contribution >= 4 is 27.2 Å². The number of nitrogens with zero attached hydrogens (tertiary/aromatic N) is 2. The van der Waals surface area contributed by atoms with E-state index in [0.717, 1.165) is 6.07 Å². The van der Waals surface area contributed by atoms with Crippen LogP contribution < -0.4 is 40.0 Å². The van der Waals surface area contributed by atoms with Gasteiger partial charge in [0.15, 0.2) is 0 Å². The van der Waals surface area contributed by atoms with Crippen LogP contribution in [0.25, 0.3) is 0 Å². The molecule has 9 heteroatoms. The SMILES string of the molecule is CCOc1cc(N=Nc2cccc(S(=O)(=O)[O-])c2)ccc1N.[Na+]. The van der Waals surface area contributed by atoms with E-state index in [-0.39, 0.29) is 40.1 Å². The summed E-state index contributed by atoms with van der Waals surface area (Å²) in [5, 5.41) is 7.88. The molecule has 2 N–H and O–H groups in total. The Labute approximate surface area is 156 Å². The van der Waals surface area contributed by atoms with Gasteiger partial charge in [0, 0.05) is 6.07 Å². The molecule has 23 heavy (non-hydrogen) atoms. The van der Waals surface area contributed by atoms with E-state index < -0.39 is 10.1 Å². The minimum Gasteiger partial charge on any atom is -0.744 e. The molecule has 0 unspecified atom stereocenters. The normalized spacial score (nSPS) is 11.2. The van der Waals surface area contributed by atoms with Crippen LogP contribution >= 0.6 is 0 Å². The first-order chi connectivity index (χ1) is 10.4. The molecule has 7 nitrogen and oxygen atoms in total. The summed E-state index contributed by atoms with van der Waals surface area (Å²) >= 11 is 0. The second-order valence-electron chi connectivity index (χ2n) is 4.31. The summed E-state index contributed by atoms with van der Waals surface area (Å²) in [6.07, 6.45) is 0. The van der Waals surface area contributed by atoms with Gasteiger partial charge < -0.3 is 15.0 Å². The number of rotatable bonds is 5. The van der Waals surface area contributed by atoms with Gasteiger partial charge in [-0.3, -0.25) is 0 Å². The summed E-state index contributed by atoms with van der Waals surface area (Å²) in [5.74, 6) is 0.495. The molecule has 0 spiro atoms. The summed E-state index contributed by atoms with van der Waals surface area (Å²) in [7, 11) is -4.52. The third-order valence-corrected chi connectivity index (χ3v) is 3.52. The van der Waals surface area contributed by atoms with Crippen molar-refractivity contribution < 1.29 is 47.3 Å². The fourth-order valence-corrected chi connectivity index (χ4v) is 2.19. The Morgan fingerprint density at radius 1 is 1.13 bits per heavy atom. The number of nitrogen functional groups attached to an aromatic ring is 1. The van der Waals surface area contributed by atoms with E-state index in [2.05, 4.69) is 10.2 Å². The molecule has 0 fully saturated rings. The fourth-order valence-electron chi connectivity index (χ4n) is 1.68. The molecule has 116 valence electrons. The van der Waals surface area contributed by atoms with E-state index in [9.17, 15) is 13.0 Å². The van der Waals surface area contributed by atoms with Crippen molar-refractivity contribution in [2.45, 2.75) is 11.8 Å². The van der Waals surface area contributed by atoms with Gasteiger partial charge in [-0.05, 0) is 37.3 Å². The third kappa shape index (κ3) is 5.60. The summed E-state index contributed by atoms with van der Waals surface area (Å²) in [4.78, 5) is -0.351. The molecule has 0 aliphatic rings. The molecule has 0 aromatic heterocycles. The predicted molar refractivity (Wildman–Crippen MR) is 80.6 cm³/mol. The van der Waals surface area contributed by atoms with Gasteiger partial charge >= 0.3 is 29.6 Å². The first kappa shape index (κ1) is 19.6. The summed E-state index contributed by atoms with van der Waals surface area (Å²) in [6, 6.07) is 10.2. The van der Waals surface area contributed by atoms with Gasteiger partial charge in [0.25, 0.3) is 0 Å².